The number of likely N-dealkylation sites (tertiary alicyclic amines) is 1. The molecule has 2 aliphatic rings. The highest BCUT2D eigenvalue weighted by Crippen LogP contribution is 2.29. The second kappa shape index (κ2) is 42.5. The molecule has 2 rings (SSSR count). The number of hydrogen-bond donors (Lipinski definition) is 5. The largest absolute Gasteiger partial charge is 0.390 e. The van der Waals surface area contributed by atoms with Crippen molar-refractivity contribution in [2.75, 3.05) is 81.3 Å². The molecule has 25 nitrogen and oxygen atoms in total. The minimum atomic E-state index is -1.65. The lowest BCUT2D eigenvalue weighted by Gasteiger charge is -2.41. The van der Waals surface area contributed by atoms with Crippen LogP contribution >= 0.6 is 11.8 Å². The van der Waals surface area contributed by atoms with E-state index in [4.69, 9.17) is 4.74 Å². The van der Waals surface area contributed by atoms with Crippen molar-refractivity contribution in [3.8, 4) is 0 Å². The van der Waals surface area contributed by atoms with Gasteiger partial charge in [0.15, 0.2) is 5.37 Å². The maximum absolute atomic E-state index is 15.7. The number of aliphatic hydroxyl groups is 1. The predicted octanol–water partition coefficient (Wildman–Crippen LogP) is 5.92. The van der Waals surface area contributed by atoms with E-state index in [0.29, 0.717) is 18.6 Å². The summed E-state index contributed by atoms with van der Waals surface area (Å²) in [7, 11) is 10.1. The van der Waals surface area contributed by atoms with Crippen LogP contribution in [0, 0.1) is 35.5 Å². The molecule has 0 aromatic carbocycles. The lowest BCUT2D eigenvalue weighted by molar-refractivity contribution is -0.157. The van der Waals surface area contributed by atoms with Crippen molar-refractivity contribution in [1.82, 2.24) is 60.5 Å². The van der Waals surface area contributed by atoms with E-state index in [9.17, 15) is 19.5 Å². The molecule has 2 fully saturated rings. The number of carbonyl (C=O) groups is 11. The summed E-state index contributed by atoms with van der Waals surface area (Å²) < 4.78 is 6.19. The average Bonchev–Trinajstić information content (AvgIpc) is 0.804. The molecule has 2 heterocycles. The zero-order chi connectivity index (χ0) is 76.5. The molecule has 0 aliphatic carbocycles. The number of aliphatic hydroxyl groups excluding tert-OH is 1. The fourth-order valence-corrected chi connectivity index (χ4v) is 14.3. The third-order valence-electron chi connectivity index (χ3n) is 19.4. The smallest absolute Gasteiger partial charge is 0.256 e. The molecule has 0 radical (unpaired) electrons. The number of carbonyl (C=O) groups excluding carboxylic acids is 11. The van der Waals surface area contributed by atoms with Crippen LogP contribution in [0.25, 0.3) is 0 Å². The third kappa shape index (κ3) is 26.3. The van der Waals surface area contributed by atoms with Gasteiger partial charge < -0.3 is 70.3 Å². The number of rotatable bonds is 24. The molecule has 0 unspecified atom stereocenters. The number of allylic oxidation sites excluding steroid dienone is 2. The molecule has 11 amide bonds. The van der Waals surface area contributed by atoms with Crippen LogP contribution in [0.2, 0.25) is 0 Å². The van der Waals surface area contributed by atoms with Crippen molar-refractivity contribution in [2.45, 2.75) is 266 Å². The Labute approximate surface area is 604 Å². The summed E-state index contributed by atoms with van der Waals surface area (Å²) in [5.41, 5.74) is -1.10. The monoisotopic (exact) mass is 1430 g/mol. The Morgan fingerprint density at radius 3 is 1.55 bits per heavy atom. The first-order valence-corrected chi connectivity index (χ1v) is 37.6. The standard InChI is InChI=1S/C74H132N12O13S/c1-26-29-35-50(14)61(87)60-65(91)77-53(28-3)67(93)85(25)73(100-40-34-33-38-86-36-31-30-32-37-86)72(98)82(22)57(44-74(17,18)99-39-27-2)64(90)78-58(48(10)11)70(96)79(19)54(41-45(4)5)63(89)75-51(15)62(88)76-52(16)66(92)80(20)55(42-46(6)7)68(94)81(21)56(43-47(8)9)69(95)83(23)59(49(12)13)71(97)84(60)24/h26-27,29,45-61,73,87H,2,28,30-44H2,1,3-25H3,(H,75,89)(H,76,88)(H,77,91)(H,78,90)/b29-26+/t50-,51+,52-,53+,54+,55+,56+,57+,58+,59+,60+,61-,73-/m1/s1. The van der Waals surface area contributed by atoms with Gasteiger partial charge in [0.1, 0.15) is 60.4 Å². The topological polar surface area (TPSA) is 291 Å². The van der Waals surface area contributed by atoms with Gasteiger partial charge in [0.25, 0.3) is 5.91 Å². The van der Waals surface area contributed by atoms with E-state index in [1.807, 2.05) is 54.5 Å². The number of hydrogen-bond acceptors (Lipinski definition) is 15. The Kier molecular flexibility index (Phi) is 38.2. The molecular formula is C74H132N12O13S. The highest BCUT2D eigenvalue weighted by molar-refractivity contribution is 8.00. The number of piperidine rings is 1. The summed E-state index contributed by atoms with van der Waals surface area (Å²) in [6, 6.07) is -12.9. The molecule has 0 bridgehead atoms. The molecule has 26 heteroatoms. The molecule has 0 aromatic heterocycles. The molecule has 13 atom stereocenters. The second-order valence-corrected chi connectivity index (χ2v) is 31.7. The maximum Gasteiger partial charge on any atom is 0.256 e. The van der Waals surface area contributed by atoms with Crippen molar-refractivity contribution in [2.24, 2.45) is 35.5 Å². The Hall–Kier alpha value is -6.12. The summed E-state index contributed by atoms with van der Waals surface area (Å²) in [6.45, 7) is 36.5. The van der Waals surface area contributed by atoms with Crippen molar-refractivity contribution < 1.29 is 62.6 Å². The number of ether oxygens (including phenoxy) is 1. The van der Waals surface area contributed by atoms with Gasteiger partial charge in [-0.15, -0.1) is 18.3 Å². The van der Waals surface area contributed by atoms with E-state index in [1.54, 1.807) is 67.5 Å². The van der Waals surface area contributed by atoms with Gasteiger partial charge in [-0.1, -0.05) is 108 Å². The predicted molar refractivity (Wildman–Crippen MR) is 395 cm³/mol. The summed E-state index contributed by atoms with van der Waals surface area (Å²) in [6.07, 6.45) is 9.10. The molecule has 5 N–H and O–H groups in total. The van der Waals surface area contributed by atoms with Crippen molar-refractivity contribution in [1.29, 1.82) is 0 Å². The highest BCUT2D eigenvalue weighted by Gasteiger charge is 2.47. The summed E-state index contributed by atoms with van der Waals surface area (Å²) in [5.74, 6) is -9.53. The fraction of sp³-hybridized carbons (Fsp3) is 0.797. The van der Waals surface area contributed by atoms with Crippen LogP contribution in [0.4, 0.5) is 0 Å². The highest BCUT2D eigenvalue weighted by atomic mass is 32.2. The van der Waals surface area contributed by atoms with Crippen molar-refractivity contribution >= 4 is 76.7 Å². The zero-order valence-electron chi connectivity index (χ0n) is 65.5. The Balaban J connectivity index is 3.16. The molecule has 0 aromatic rings. The van der Waals surface area contributed by atoms with Gasteiger partial charge in [0.2, 0.25) is 59.1 Å². The van der Waals surface area contributed by atoms with Crippen LogP contribution in [0.3, 0.4) is 0 Å². The number of nitrogens with zero attached hydrogens (tertiary/aromatic N) is 8. The van der Waals surface area contributed by atoms with E-state index in [0.717, 1.165) is 43.8 Å². The van der Waals surface area contributed by atoms with Gasteiger partial charge in [-0.05, 0) is 153 Å². The third-order valence-corrected chi connectivity index (χ3v) is 20.7. The van der Waals surface area contributed by atoms with Gasteiger partial charge in [0, 0.05) is 55.8 Å². The maximum atomic E-state index is 15.7. The Morgan fingerprint density at radius 1 is 0.550 bits per heavy atom. The van der Waals surface area contributed by atoms with E-state index in [-0.39, 0.29) is 56.5 Å². The number of amides is 11. The van der Waals surface area contributed by atoms with Crippen LogP contribution in [0.15, 0.2) is 24.8 Å². The Bertz CT molecular complexity index is 2740. The lowest BCUT2D eigenvalue weighted by atomic mass is 9.91. The van der Waals surface area contributed by atoms with E-state index in [2.05, 4.69) is 32.7 Å². The van der Waals surface area contributed by atoms with Gasteiger partial charge in [-0.25, -0.2) is 0 Å². The van der Waals surface area contributed by atoms with Gasteiger partial charge in [0.05, 0.1) is 18.3 Å². The van der Waals surface area contributed by atoms with Crippen molar-refractivity contribution in [3.05, 3.63) is 24.8 Å². The first-order chi connectivity index (χ1) is 46.5. The van der Waals surface area contributed by atoms with Gasteiger partial charge in [-0.3, -0.25) is 52.7 Å². The lowest BCUT2D eigenvalue weighted by Crippen LogP contribution is -2.64. The fourth-order valence-electron chi connectivity index (χ4n) is 13.0. The normalized spacial score (nSPS) is 26.6. The second-order valence-electron chi connectivity index (χ2n) is 30.6. The molecule has 0 saturated carbocycles. The minimum absolute atomic E-state index is 0.0102. The zero-order valence-corrected chi connectivity index (χ0v) is 66.3. The number of thioether (sulfide) groups is 1. The van der Waals surface area contributed by atoms with Crippen molar-refractivity contribution in [3.63, 3.8) is 0 Å². The summed E-state index contributed by atoms with van der Waals surface area (Å²) >= 11 is 1.21. The van der Waals surface area contributed by atoms with Crippen LogP contribution in [0.5, 0.6) is 0 Å². The van der Waals surface area contributed by atoms with Gasteiger partial charge >= 0.3 is 0 Å². The first-order valence-electron chi connectivity index (χ1n) is 36.5. The van der Waals surface area contributed by atoms with Crippen LogP contribution < -0.4 is 21.3 Å². The molecule has 572 valence electrons. The number of likely N-dealkylation sites (N-methyl/N-ethyl adjacent to an activating group) is 7. The molecular weight excluding hydrogens is 1300 g/mol. The quantitative estimate of drug-likeness (QED) is 0.0554. The minimum Gasteiger partial charge on any atom is -0.390 e. The number of nitrogens with one attached hydrogen (secondary N) is 4. The molecule has 100 heavy (non-hydrogen) atoms. The Morgan fingerprint density at radius 2 is 1.04 bits per heavy atom. The van der Waals surface area contributed by atoms with E-state index < -0.39 is 160 Å². The van der Waals surface area contributed by atoms with Gasteiger partial charge in [-0.2, -0.15) is 0 Å². The first kappa shape index (κ1) is 90.0. The molecule has 0 spiro atoms. The molecule has 2 aliphatic heterocycles. The summed E-state index contributed by atoms with van der Waals surface area (Å²) in [4.78, 5) is 177. The molecule has 2 saturated heterocycles. The van der Waals surface area contributed by atoms with Crippen LogP contribution in [0.1, 0.15) is 188 Å². The SMILES string of the molecule is C=CCOC(C)(C)C[C@H]1C(=O)N[C@@H](C(C)C)C(=O)N(C)[C@@H](CC(C)C)C(=O)N[C@@H](C)C(=O)N[C@H](C)C(=O)N(C)[C@@H](CC(C)C)C(=O)N(C)[C@@H](CC(C)C)C(=O)N(C)[C@@H](C(C)C)C(=O)N(C)[C@@H]([C@H](O)[C@H](C)C/C=C/C)C(=O)N[C@@H](CC)C(=O)N(C)[C@H](SCCCCN2CCCCC2)C(=O)N1C. The van der Waals surface area contributed by atoms with Crippen LogP contribution in [-0.2, 0) is 57.5 Å². The van der Waals surface area contributed by atoms with E-state index in [1.165, 1.54) is 111 Å². The average molecular weight is 1430 g/mol. The van der Waals surface area contributed by atoms with E-state index >= 15 is 38.4 Å². The van der Waals surface area contributed by atoms with Crippen LogP contribution in [-0.4, -0.2) is 268 Å². The number of unbranched alkanes of at least 4 members (excludes halogenated alkanes) is 1. The summed E-state index contributed by atoms with van der Waals surface area (Å²) in [5, 5.41) is 22.3.